The molecule has 0 saturated heterocycles. The highest BCUT2D eigenvalue weighted by atomic mass is 79.9. The van der Waals surface area contributed by atoms with Gasteiger partial charge in [-0.1, -0.05) is 12.1 Å². The van der Waals surface area contributed by atoms with E-state index in [4.69, 9.17) is 0 Å². The molecule has 1 aromatic carbocycles. The van der Waals surface area contributed by atoms with Gasteiger partial charge in [-0.05, 0) is 61.7 Å². The summed E-state index contributed by atoms with van der Waals surface area (Å²) in [5.74, 6) is 0. The van der Waals surface area contributed by atoms with E-state index in [0.29, 0.717) is 0 Å². The van der Waals surface area contributed by atoms with Gasteiger partial charge in [-0.15, -0.1) is 11.3 Å². The van der Waals surface area contributed by atoms with E-state index >= 15 is 0 Å². The zero-order valence-corrected chi connectivity index (χ0v) is 15.1. The van der Waals surface area contributed by atoms with E-state index in [-0.39, 0.29) is 0 Å². The van der Waals surface area contributed by atoms with E-state index in [2.05, 4.69) is 72.6 Å². The highest BCUT2D eigenvalue weighted by Gasteiger charge is 2.04. The highest BCUT2D eigenvalue weighted by Crippen LogP contribution is 2.32. The molecule has 0 atom stereocenters. The summed E-state index contributed by atoms with van der Waals surface area (Å²) in [4.78, 5) is 1.29. The second-order valence-corrected chi connectivity index (χ2v) is 7.90. The van der Waals surface area contributed by atoms with Crippen molar-refractivity contribution in [1.29, 1.82) is 0 Å². The Balaban J connectivity index is 1.59. The molecule has 0 aliphatic carbocycles. The van der Waals surface area contributed by atoms with Crippen LogP contribution in [0.3, 0.4) is 0 Å². The van der Waals surface area contributed by atoms with Crippen LogP contribution in [0.15, 0.2) is 57.1 Å². The Morgan fingerprint density at radius 3 is 2.62 bits per heavy atom. The molecular weight excluding hydrogens is 414 g/mol. The number of hydrogen-bond donors (Lipinski definition) is 1. The minimum Gasteiger partial charge on any atom is -0.380 e. The fourth-order valence-corrected chi connectivity index (χ4v) is 4.09. The van der Waals surface area contributed by atoms with Crippen molar-refractivity contribution in [2.75, 3.05) is 5.32 Å². The Bertz CT molecular complexity index is 686. The minimum absolute atomic E-state index is 0.804. The van der Waals surface area contributed by atoms with Crippen molar-refractivity contribution < 1.29 is 0 Å². The van der Waals surface area contributed by atoms with Crippen molar-refractivity contribution in [1.82, 2.24) is 9.78 Å². The molecule has 2 aromatic heterocycles. The smallest absolute Gasteiger partial charge is 0.0843 e. The molecule has 3 nitrogen and oxygen atoms in total. The summed E-state index contributed by atoms with van der Waals surface area (Å²) in [6, 6.07) is 12.5. The lowest BCUT2D eigenvalue weighted by Crippen LogP contribution is -2.01. The van der Waals surface area contributed by atoms with Crippen LogP contribution in [0.5, 0.6) is 0 Å². The molecule has 1 N–H and O–H groups in total. The number of anilines is 1. The van der Waals surface area contributed by atoms with Gasteiger partial charge in [0.25, 0.3) is 0 Å². The van der Waals surface area contributed by atoms with Crippen molar-refractivity contribution in [3.63, 3.8) is 0 Å². The first-order chi connectivity index (χ1) is 10.2. The highest BCUT2D eigenvalue weighted by molar-refractivity contribution is 9.13. The van der Waals surface area contributed by atoms with Gasteiger partial charge in [-0.25, -0.2) is 0 Å². The van der Waals surface area contributed by atoms with Gasteiger partial charge in [-0.2, -0.15) is 5.10 Å². The average molecular weight is 427 g/mol. The molecule has 0 bridgehead atoms. The average Bonchev–Trinajstić information content (AvgIpc) is 3.09. The van der Waals surface area contributed by atoms with E-state index in [0.717, 1.165) is 27.0 Å². The lowest BCUT2D eigenvalue weighted by molar-refractivity contribution is 0.687. The van der Waals surface area contributed by atoms with Crippen LogP contribution in [0.25, 0.3) is 0 Å². The third kappa shape index (κ3) is 3.96. The van der Waals surface area contributed by atoms with Crippen LogP contribution in [-0.4, -0.2) is 9.78 Å². The molecule has 21 heavy (non-hydrogen) atoms. The molecule has 3 rings (SSSR count). The second kappa shape index (κ2) is 6.77. The van der Waals surface area contributed by atoms with Crippen LogP contribution in [0.2, 0.25) is 0 Å². The number of rotatable bonds is 5. The molecule has 0 spiro atoms. The van der Waals surface area contributed by atoms with Crippen LogP contribution in [0.1, 0.15) is 10.4 Å². The van der Waals surface area contributed by atoms with E-state index in [1.165, 1.54) is 10.4 Å². The van der Waals surface area contributed by atoms with Gasteiger partial charge >= 0.3 is 0 Å². The Hall–Kier alpha value is -1.11. The van der Waals surface area contributed by atoms with Crippen molar-refractivity contribution in [3.8, 4) is 0 Å². The predicted octanol–water partition coefficient (Wildman–Crippen LogP) is 5.13. The van der Waals surface area contributed by atoms with Gasteiger partial charge in [0.1, 0.15) is 0 Å². The molecule has 0 fully saturated rings. The molecular formula is C15H13Br2N3S. The lowest BCUT2D eigenvalue weighted by Gasteiger charge is -2.07. The minimum atomic E-state index is 0.804. The summed E-state index contributed by atoms with van der Waals surface area (Å²) in [5.41, 5.74) is 2.37. The number of hydrogen-bond acceptors (Lipinski definition) is 3. The first-order valence-corrected chi connectivity index (χ1v) is 8.85. The van der Waals surface area contributed by atoms with E-state index in [9.17, 15) is 0 Å². The van der Waals surface area contributed by atoms with Crippen LogP contribution in [0.4, 0.5) is 5.69 Å². The van der Waals surface area contributed by atoms with Crippen molar-refractivity contribution in [2.24, 2.45) is 0 Å². The lowest BCUT2D eigenvalue weighted by atomic mass is 10.2. The number of aromatic nitrogens is 2. The monoisotopic (exact) mass is 425 g/mol. The maximum Gasteiger partial charge on any atom is 0.0843 e. The van der Waals surface area contributed by atoms with Gasteiger partial charge in [0, 0.05) is 34.0 Å². The fraction of sp³-hybridized carbons (Fsp3) is 0.133. The van der Waals surface area contributed by atoms with E-state index in [1.807, 2.05) is 16.9 Å². The quantitative estimate of drug-likeness (QED) is 0.612. The fourth-order valence-electron chi connectivity index (χ4n) is 1.98. The Labute approximate surface area is 144 Å². The summed E-state index contributed by atoms with van der Waals surface area (Å²) in [5, 5.41) is 7.65. The Kier molecular flexibility index (Phi) is 4.77. The zero-order chi connectivity index (χ0) is 14.7. The normalized spacial score (nSPS) is 10.8. The molecule has 2 heterocycles. The predicted molar refractivity (Wildman–Crippen MR) is 94.8 cm³/mol. The number of halogens is 2. The SMILES string of the molecule is Brc1cc(CNc2ccc(Cn3cccn3)cc2)sc1Br. The largest absolute Gasteiger partial charge is 0.380 e. The molecule has 0 unspecified atom stereocenters. The molecule has 0 aliphatic heterocycles. The first kappa shape index (κ1) is 14.8. The van der Waals surface area contributed by atoms with Gasteiger partial charge < -0.3 is 5.32 Å². The third-order valence-corrected chi connectivity index (χ3v) is 6.28. The molecule has 0 aliphatic rings. The maximum absolute atomic E-state index is 4.21. The second-order valence-electron chi connectivity index (χ2n) is 4.59. The zero-order valence-electron chi connectivity index (χ0n) is 11.1. The van der Waals surface area contributed by atoms with Crippen molar-refractivity contribution in [3.05, 3.63) is 67.5 Å². The van der Waals surface area contributed by atoms with Gasteiger partial charge in [0.05, 0.1) is 10.3 Å². The Morgan fingerprint density at radius 2 is 2.00 bits per heavy atom. The van der Waals surface area contributed by atoms with Crippen molar-refractivity contribution in [2.45, 2.75) is 13.1 Å². The molecule has 0 saturated carbocycles. The summed E-state index contributed by atoms with van der Waals surface area (Å²) in [7, 11) is 0. The standard InChI is InChI=1S/C15H13Br2N3S/c16-14-8-13(21-15(14)17)9-18-12-4-2-11(3-5-12)10-20-7-1-6-19-20/h1-8,18H,9-10H2. The van der Waals surface area contributed by atoms with Crippen LogP contribution < -0.4 is 5.32 Å². The molecule has 3 aromatic rings. The summed E-state index contributed by atoms with van der Waals surface area (Å²) >= 11 is 8.76. The number of benzene rings is 1. The molecule has 108 valence electrons. The van der Waals surface area contributed by atoms with Crippen molar-refractivity contribution >= 4 is 48.9 Å². The molecule has 0 amide bonds. The number of nitrogens with one attached hydrogen (secondary N) is 1. The molecule has 6 heteroatoms. The van der Waals surface area contributed by atoms with E-state index in [1.54, 1.807) is 17.5 Å². The summed E-state index contributed by atoms with van der Waals surface area (Å²) in [6.45, 7) is 1.63. The maximum atomic E-state index is 4.21. The van der Waals surface area contributed by atoms with E-state index < -0.39 is 0 Å². The number of nitrogens with zero attached hydrogens (tertiary/aromatic N) is 2. The Morgan fingerprint density at radius 1 is 1.19 bits per heavy atom. The van der Waals surface area contributed by atoms with Gasteiger partial charge in [-0.3, -0.25) is 4.68 Å². The summed E-state index contributed by atoms with van der Waals surface area (Å²) < 4.78 is 4.16. The number of thiophene rings is 1. The molecule has 0 radical (unpaired) electrons. The van der Waals surface area contributed by atoms with Crippen LogP contribution in [0, 0.1) is 0 Å². The third-order valence-electron chi connectivity index (χ3n) is 3.02. The van der Waals surface area contributed by atoms with Gasteiger partial charge in [0.2, 0.25) is 0 Å². The van der Waals surface area contributed by atoms with Crippen LogP contribution in [-0.2, 0) is 13.1 Å². The topological polar surface area (TPSA) is 29.9 Å². The van der Waals surface area contributed by atoms with Gasteiger partial charge in [0.15, 0.2) is 0 Å². The summed E-state index contributed by atoms with van der Waals surface area (Å²) in [6.07, 6.45) is 3.77. The first-order valence-electron chi connectivity index (χ1n) is 6.44. The van der Waals surface area contributed by atoms with Crippen LogP contribution >= 0.6 is 43.2 Å².